The Hall–Kier alpha value is -6.38. The zero-order valence-corrected chi connectivity index (χ0v) is 25.9. The van der Waals surface area contributed by atoms with Crippen LogP contribution in [0.5, 0.6) is 0 Å². The van der Waals surface area contributed by atoms with E-state index >= 15 is 0 Å². The monoisotopic (exact) mass is 609 g/mol. The Morgan fingerprint density at radius 2 is 0.792 bits per heavy atom. The average Bonchev–Trinajstić information content (AvgIpc) is 3.72. The van der Waals surface area contributed by atoms with E-state index < -0.39 is 0 Å². The molecule has 0 atom stereocenters. The molecule has 0 fully saturated rings. The van der Waals surface area contributed by atoms with E-state index in [2.05, 4.69) is 163 Å². The molecule has 0 aliphatic carbocycles. The number of para-hydroxylation sites is 1. The number of H-pyrrole nitrogens is 1. The van der Waals surface area contributed by atoms with E-state index in [9.17, 15) is 0 Å². The van der Waals surface area contributed by atoms with Crippen LogP contribution in [0.1, 0.15) is 0 Å². The number of rotatable bonds is 2. The minimum Gasteiger partial charge on any atom is -0.455 e. The number of fused-ring (bicyclic) bond motifs is 13. The van der Waals surface area contributed by atoms with Gasteiger partial charge in [-0.3, -0.25) is 0 Å². The van der Waals surface area contributed by atoms with Gasteiger partial charge < -0.3 is 9.40 Å². The van der Waals surface area contributed by atoms with E-state index in [-0.39, 0.29) is 0 Å². The van der Waals surface area contributed by atoms with Crippen LogP contribution in [-0.2, 0) is 0 Å². The fourth-order valence-electron chi connectivity index (χ4n) is 8.32. The summed E-state index contributed by atoms with van der Waals surface area (Å²) in [5, 5.41) is 14.6. The molecule has 0 spiro atoms. The van der Waals surface area contributed by atoms with Crippen molar-refractivity contribution in [2.45, 2.75) is 0 Å². The van der Waals surface area contributed by atoms with Crippen LogP contribution in [0, 0.1) is 0 Å². The number of hydrogen-bond acceptors (Lipinski definition) is 1. The van der Waals surface area contributed by atoms with Gasteiger partial charge in [0, 0.05) is 38.0 Å². The molecule has 0 saturated heterocycles. The summed E-state index contributed by atoms with van der Waals surface area (Å²) in [6.45, 7) is 0. The minimum atomic E-state index is 0.910. The molecule has 0 aliphatic heterocycles. The molecule has 0 unspecified atom stereocenters. The van der Waals surface area contributed by atoms with Crippen molar-refractivity contribution in [1.29, 1.82) is 0 Å². The highest BCUT2D eigenvalue weighted by molar-refractivity contribution is 6.31. The van der Waals surface area contributed by atoms with E-state index in [1.807, 2.05) is 0 Å². The smallest absolute Gasteiger partial charge is 0.143 e. The van der Waals surface area contributed by atoms with Crippen molar-refractivity contribution >= 4 is 86.8 Å². The fourth-order valence-corrected chi connectivity index (χ4v) is 8.32. The molecule has 222 valence electrons. The van der Waals surface area contributed by atoms with Crippen LogP contribution in [0.4, 0.5) is 0 Å². The van der Waals surface area contributed by atoms with Crippen LogP contribution in [0.3, 0.4) is 0 Å². The molecule has 2 nitrogen and oxygen atoms in total. The second-order valence-corrected chi connectivity index (χ2v) is 12.9. The first-order valence-electron chi connectivity index (χ1n) is 16.5. The number of nitrogens with one attached hydrogen (secondary N) is 1. The molecule has 0 bridgehead atoms. The van der Waals surface area contributed by atoms with Gasteiger partial charge in [0.2, 0.25) is 0 Å². The highest BCUT2D eigenvalue weighted by Crippen LogP contribution is 2.47. The highest BCUT2D eigenvalue weighted by atomic mass is 16.3. The van der Waals surface area contributed by atoms with Crippen molar-refractivity contribution in [2.75, 3.05) is 0 Å². The maximum atomic E-state index is 6.67. The molecule has 0 radical (unpaired) electrons. The molecule has 48 heavy (non-hydrogen) atoms. The SMILES string of the molecule is c1ccc2c(c1)[nH]c1ccc(-c3c4ccccc4c(-c4ccc5oc6c7ccccc7c7ccccc7c6c5c4)c4ccccc34)cc12. The third-order valence-corrected chi connectivity index (χ3v) is 10.4. The Kier molecular flexibility index (Phi) is 5.14. The summed E-state index contributed by atoms with van der Waals surface area (Å²) in [4.78, 5) is 3.60. The van der Waals surface area contributed by atoms with Crippen molar-refractivity contribution in [2.24, 2.45) is 0 Å². The van der Waals surface area contributed by atoms with Crippen LogP contribution in [-0.4, -0.2) is 4.98 Å². The topological polar surface area (TPSA) is 28.9 Å². The lowest BCUT2D eigenvalue weighted by Crippen LogP contribution is -1.91. The zero-order valence-electron chi connectivity index (χ0n) is 25.9. The van der Waals surface area contributed by atoms with Crippen LogP contribution in [0.2, 0.25) is 0 Å². The van der Waals surface area contributed by atoms with E-state index in [0.717, 1.165) is 33.0 Å². The van der Waals surface area contributed by atoms with Crippen molar-refractivity contribution < 1.29 is 4.42 Å². The summed E-state index contributed by atoms with van der Waals surface area (Å²) in [6.07, 6.45) is 0. The quantitative estimate of drug-likeness (QED) is 0.153. The van der Waals surface area contributed by atoms with Crippen molar-refractivity contribution in [1.82, 2.24) is 4.98 Å². The van der Waals surface area contributed by atoms with E-state index in [4.69, 9.17) is 4.42 Å². The Morgan fingerprint density at radius 1 is 0.333 bits per heavy atom. The first-order chi connectivity index (χ1) is 23.8. The number of furan rings is 1. The Bertz CT molecular complexity index is 3060. The van der Waals surface area contributed by atoms with Crippen molar-refractivity contribution in [3.8, 4) is 22.3 Å². The molecular weight excluding hydrogens is 583 g/mol. The van der Waals surface area contributed by atoms with Gasteiger partial charge in [-0.1, -0.05) is 127 Å². The Morgan fingerprint density at radius 3 is 1.44 bits per heavy atom. The average molecular weight is 610 g/mol. The van der Waals surface area contributed by atoms with Gasteiger partial charge in [-0.25, -0.2) is 0 Å². The molecule has 9 aromatic carbocycles. The van der Waals surface area contributed by atoms with Crippen LogP contribution < -0.4 is 0 Å². The zero-order chi connectivity index (χ0) is 31.3. The van der Waals surface area contributed by atoms with Gasteiger partial charge in [0.15, 0.2) is 0 Å². The third kappa shape index (κ3) is 3.46. The standard InChI is InChI=1S/C46H27NO/c1-3-14-32-29(11-1)30-12-2-8-19-37(30)46-45(32)39-26-28(22-24-42(39)48-46)44-35-17-6-4-15-33(35)43(34-16-5-7-18-36(34)44)27-21-23-41-38(25-27)31-13-9-10-20-40(31)47-41/h1-26,47H. The van der Waals surface area contributed by atoms with Gasteiger partial charge in [0.1, 0.15) is 11.2 Å². The van der Waals surface area contributed by atoms with Gasteiger partial charge in [-0.05, 0) is 90.3 Å². The summed E-state index contributed by atoms with van der Waals surface area (Å²) in [6, 6.07) is 57.3. The van der Waals surface area contributed by atoms with Crippen LogP contribution in [0.15, 0.2) is 162 Å². The first kappa shape index (κ1) is 25.8. The van der Waals surface area contributed by atoms with Gasteiger partial charge in [-0.15, -0.1) is 0 Å². The Balaban J connectivity index is 1.23. The normalized spacial score (nSPS) is 12.2. The van der Waals surface area contributed by atoms with Gasteiger partial charge >= 0.3 is 0 Å². The predicted octanol–water partition coefficient (Wildman–Crippen LogP) is 13.2. The van der Waals surface area contributed by atoms with Crippen molar-refractivity contribution in [3.63, 3.8) is 0 Å². The maximum absolute atomic E-state index is 6.67. The second kappa shape index (κ2) is 9.57. The van der Waals surface area contributed by atoms with E-state index in [1.165, 1.54) is 76.1 Å². The highest BCUT2D eigenvalue weighted by Gasteiger charge is 2.20. The lowest BCUT2D eigenvalue weighted by molar-refractivity contribution is 0.673. The molecule has 0 aliphatic rings. The number of benzene rings is 9. The molecule has 2 heterocycles. The number of aromatic nitrogens is 1. The summed E-state index contributed by atoms with van der Waals surface area (Å²) in [5.74, 6) is 0. The molecule has 2 heteroatoms. The summed E-state index contributed by atoms with van der Waals surface area (Å²) in [5.41, 5.74) is 9.11. The number of hydrogen-bond donors (Lipinski definition) is 1. The lowest BCUT2D eigenvalue weighted by atomic mass is 9.85. The minimum absolute atomic E-state index is 0.910. The van der Waals surface area contributed by atoms with Crippen molar-refractivity contribution in [3.05, 3.63) is 158 Å². The fraction of sp³-hybridized carbons (Fsp3) is 0. The molecule has 11 rings (SSSR count). The molecule has 11 aromatic rings. The maximum Gasteiger partial charge on any atom is 0.143 e. The van der Waals surface area contributed by atoms with Crippen LogP contribution >= 0.6 is 0 Å². The molecule has 0 amide bonds. The molecule has 1 N–H and O–H groups in total. The largest absolute Gasteiger partial charge is 0.455 e. The Labute approximate surface area is 275 Å². The summed E-state index contributed by atoms with van der Waals surface area (Å²) < 4.78 is 6.67. The third-order valence-electron chi connectivity index (χ3n) is 10.4. The van der Waals surface area contributed by atoms with Gasteiger partial charge in [0.25, 0.3) is 0 Å². The molecular formula is C46H27NO. The molecule has 2 aromatic heterocycles. The lowest BCUT2D eigenvalue weighted by Gasteiger charge is -2.18. The summed E-state index contributed by atoms with van der Waals surface area (Å²) in [7, 11) is 0. The molecule has 0 saturated carbocycles. The van der Waals surface area contributed by atoms with E-state index in [0.29, 0.717) is 0 Å². The van der Waals surface area contributed by atoms with Gasteiger partial charge in [0.05, 0.1) is 0 Å². The second-order valence-electron chi connectivity index (χ2n) is 12.9. The number of aromatic amines is 1. The first-order valence-corrected chi connectivity index (χ1v) is 16.5. The summed E-state index contributed by atoms with van der Waals surface area (Å²) >= 11 is 0. The van der Waals surface area contributed by atoms with Gasteiger partial charge in [-0.2, -0.15) is 0 Å². The van der Waals surface area contributed by atoms with Crippen LogP contribution in [0.25, 0.3) is 109 Å². The van der Waals surface area contributed by atoms with E-state index in [1.54, 1.807) is 0 Å². The predicted molar refractivity (Wildman–Crippen MR) is 204 cm³/mol.